The number of para-hydroxylation sites is 1. The predicted molar refractivity (Wildman–Crippen MR) is 76.5 cm³/mol. The van der Waals surface area contributed by atoms with Crippen molar-refractivity contribution in [2.75, 3.05) is 26.8 Å². The number of rotatable bonds is 7. The molecule has 1 aromatic heterocycles. The Morgan fingerprint density at radius 1 is 1.35 bits per heavy atom. The molecule has 1 aromatic carbocycles. The van der Waals surface area contributed by atoms with Crippen molar-refractivity contribution in [3.05, 3.63) is 42.1 Å². The molecule has 1 N–H and O–H groups in total. The van der Waals surface area contributed by atoms with Gasteiger partial charge in [-0.2, -0.15) is 0 Å². The highest BCUT2D eigenvalue weighted by Crippen LogP contribution is 2.17. The Balaban J connectivity index is 2.21. The zero-order chi connectivity index (χ0) is 14.4. The maximum absolute atomic E-state index is 10.9. The lowest BCUT2D eigenvalue weighted by atomic mass is 10.1. The van der Waals surface area contributed by atoms with Crippen LogP contribution in [0.25, 0.3) is 10.9 Å². The van der Waals surface area contributed by atoms with Crippen molar-refractivity contribution in [1.29, 1.82) is 0 Å². The summed E-state index contributed by atoms with van der Waals surface area (Å²) in [5.41, 5.74) is 1.95. The second-order valence-electron chi connectivity index (χ2n) is 4.59. The van der Waals surface area contributed by atoms with Crippen LogP contribution in [0.15, 0.2) is 36.5 Å². The summed E-state index contributed by atoms with van der Waals surface area (Å²) in [6.45, 7) is 1.62. The summed E-state index contributed by atoms with van der Waals surface area (Å²) in [4.78, 5) is 17.2. The highest BCUT2D eigenvalue weighted by atomic mass is 16.5. The fraction of sp³-hybridized carbons (Fsp3) is 0.333. The van der Waals surface area contributed by atoms with Gasteiger partial charge in [0.05, 0.1) is 18.7 Å². The first-order valence-corrected chi connectivity index (χ1v) is 6.46. The van der Waals surface area contributed by atoms with Crippen molar-refractivity contribution in [2.45, 2.75) is 6.54 Å². The molecule has 0 aliphatic rings. The Bertz CT molecular complexity index is 581. The number of nitrogens with zero attached hydrogens (tertiary/aromatic N) is 2. The molecule has 0 aliphatic carbocycles. The van der Waals surface area contributed by atoms with E-state index < -0.39 is 5.97 Å². The van der Waals surface area contributed by atoms with Crippen molar-refractivity contribution >= 4 is 16.9 Å². The van der Waals surface area contributed by atoms with Crippen LogP contribution in [0.2, 0.25) is 0 Å². The van der Waals surface area contributed by atoms with Gasteiger partial charge in [0.15, 0.2) is 0 Å². The van der Waals surface area contributed by atoms with Gasteiger partial charge in [0.2, 0.25) is 0 Å². The number of hydrogen-bond donors (Lipinski definition) is 1. The van der Waals surface area contributed by atoms with E-state index in [9.17, 15) is 4.79 Å². The van der Waals surface area contributed by atoms with E-state index in [1.54, 1.807) is 13.3 Å². The van der Waals surface area contributed by atoms with Crippen LogP contribution in [0.4, 0.5) is 0 Å². The van der Waals surface area contributed by atoms with E-state index >= 15 is 0 Å². The molecule has 0 amide bonds. The Labute approximate surface area is 117 Å². The number of carboxylic acid groups (broad SMARTS) is 1. The molecule has 0 bridgehead atoms. The zero-order valence-corrected chi connectivity index (χ0v) is 11.5. The molecule has 5 nitrogen and oxygen atoms in total. The lowest BCUT2D eigenvalue weighted by Crippen LogP contribution is -2.32. The standard InChI is InChI=1S/C15H18N2O3/c1-20-9-8-17(11-14(18)19)10-13-5-2-4-12-6-3-7-16-15(12)13/h2-7H,8-11H2,1H3,(H,18,19). The van der Waals surface area contributed by atoms with Crippen LogP contribution >= 0.6 is 0 Å². The maximum atomic E-state index is 10.9. The van der Waals surface area contributed by atoms with E-state index in [-0.39, 0.29) is 6.54 Å². The summed E-state index contributed by atoms with van der Waals surface area (Å²) in [6.07, 6.45) is 1.75. The monoisotopic (exact) mass is 274 g/mol. The molecule has 0 saturated carbocycles. The molecule has 0 spiro atoms. The summed E-state index contributed by atoms with van der Waals surface area (Å²) in [5, 5.41) is 10.0. The molecule has 0 unspecified atom stereocenters. The van der Waals surface area contributed by atoms with E-state index in [1.807, 2.05) is 35.2 Å². The smallest absolute Gasteiger partial charge is 0.317 e. The Hall–Kier alpha value is -1.98. The van der Waals surface area contributed by atoms with E-state index in [0.717, 1.165) is 16.5 Å². The Morgan fingerprint density at radius 3 is 2.90 bits per heavy atom. The van der Waals surface area contributed by atoms with Crippen LogP contribution in [0.1, 0.15) is 5.56 Å². The van der Waals surface area contributed by atoms with Gasteiger partial charge in [-0.1, -0.05) is 24.3 Å². The van der Waals surface area contributed by atoms with Crippen LogP contribution in [-0.2, 0) is 16.1 Å². The van der Waals surface area contributed by atoms with Crippen LogP contribution in [-0.4, -0.2) is 47.8 Å². The zero-order valence-electron chi connectivity index (χ0n) is 11.5. The average molecular weight is 274 g/mol. The van der Waals surface area contributed by atoms with Crippen molar-refractivity contribution in [3.8, 4) is 0 Å². The van der Waals surface area contributed by atoms with Crippen molar-refractivity contribution in [2.24, 2.45) is 0 Å². The third kappa shape index (κ3) is 3.76. The number of aromatic nitrogens is 1. The molecule has 20 heavy (non-hydrogen) atoms. The number of methoxy groups -OCH3 is 1. The molecular formula is C15H18N2O3. The first-order chi connectivity index (χ1) is 9.70. The normalized spacial score (nSPS) is 11.1. The molecule has 2 aromatic rings. The maximum Gasteiger partial charge on any atom is 0.317 e. The molecule has 5 heteroatoms. The van der Waals surface area contributed by atoms with Gasteiger partial charge in [0.1, 0.15) is 0 Å². The Kier molecular flexibility index (Phi) is 5.03. The second kappa shape index (κ2) is 6.98. The van der Waals surface area contributed by atoms with Gasteiger partial charge in [-0.25, -0.2) is 0 Å². The van der Waals surface area contributed by atoms with Crippen LogP contribution in [0.3, 0.4) is 0 Å². The second-order valence-corrected chi connectivity index (χ2v) is 4.59. The van der Waals surface area contributed by atoms with Gasteiger partial charge in [0, 0.05) is 31.8 Å². The minimum Gasteiger partial charge on any atom is -0.480 e. The average Bonchev–Trinajstić information content (AvgIpc) is 2.44. The highest BCUT2D eigenvalue weighted by molar-refractivity contribution is 5.81. The first kappa shape index (κ1) is 14.4. The number of ether oxygens (including phenoxy) is 1. The summed E-state index contributed by atoms with van der Waals surface area (Å²) >= 11 is 0. The third-order valence-corrected chi connectivity index (χ3v) is 3.08. The number of carbonyl (C=O) groups is 1. The quantitative estimate of drug-likeness (QED) is 0.833. The van der Waals surface area contributed by atoms with Crippen LogP contribution < -0.4 is 0 Å². The molecule has 0 fully saturated rings. The fourth-order valence-electron chi connectivity index (χ4n) is 2.16. The van der Waals surface area contributed by atoms with E-state index in [4.69, 9.17) is 9.84 Å². The lowest BCUT2D eigenvalue weighted by Gasteiger charge is -2.20. The summed E-state index contributed by atoms with van der Waals surface area (Å²) in [6, 6.07) is 9.85. The van der Waals surface area contributed by atoms with Gasteiger partial charge < -0.3 is 9.84 Å². The SMILES string of the molecule is COCCN(CC(=O)O)Cc1cccc2cccnc12. The fourth-order valence-corrected chi connectivity index (χ4v) is 2.16. The summed E-state index contributed by atoms with van der Waals surface area (Å²) in [7, 11) is 1.61. The largest absolute Gasteiger partial charge is 0.480 e. The number of carboxylic acids is 1. The predicted octanol–water partition coefficient (Wildman–Crippen LogP) is 1.77. The van der Waals surface area contributed by atoms with Crippen LogP contribution in [0, 0.1) is 0 Å². The van der Waals surface area contributed by atoms with Gasteiger partial charge in [-0.3, -0.25) is 14.7 Å². The summed E-state index contributed by atoms with van der Waals surface area (Å²) in [5.74, 6) is -0.839. The minimum absolute atomic E-state index is 0.00736. The van der Waals surface area contributed by atoms with E-state index in [1.165, 1.54) is 0 Å². The molecule has 0 radical (unpaired) electrons. The number of hydrogen-bond acceptors (Lipinski definition) is 4. The highest BCUT2D eigenvalue weighted by Gasteiger charge is 2.12. The molecule has 2 rings (SSSR count). The molecule has 0 atom stereocenters. The third-order valence-electron chi connectivity index (χ3n) is 3.08. The number of fused-ring (bicyclic) bond motifs is 1. The Morgan fingerprint density at radius 2 is 2.15 bits per heavy atom. The van der Waals surface area contributed by atoms with Crippen molar-refractivity contribution < 1.29 is 14.6 Å². The molecule has 0 aliphatic heterocycles. The van der Waals surface area contributed by atoms with Crippen LogP contribution in [0.5, 0.6) is 0 Å². The molecular weight excluding hydrogens is 256 g/mol. The van der Waals surface area contributed by atoms with Crippen molar-refractivity contribution in [1.82, 2.24) is 9.88 Å². The number of pyridine rings is 1. The number of aliphatic carboxylic acids is 1. The van der Waals surface area contributed by atoms with Crippen molar-refractivity contribution in [3.63, 3.8) is 0 Å². The van der Waals surface area contributed by atoms with Gasteiger partial charge in [0.25, 0.3) is 0 Å². The van der Waals surface area contributed by atoms with E-state index in [2.05, 4.69) is 4.98 Å². The van der Waals surface area contributed by atoms with Gasteiger partial charge in [-0.15, -0.1) is 0 Å². The van der Waals surface area contributed by atoms with Gasteiger partial charge >= 0.3 is 5.97 Å². The van der Waals surface area contributed by atoms with E-state index in [0.29, 0.717) is 19.7 Å². The molecule has 106 valence electrons. The summed E-state index contributed by atoms with van der Waals surface area (Å²) < 4.78 is 5.03. The first-order valence-electron chi connectivity index (χ1n) is 6.46. The molecule has 0 saturated heterocycles. The number of benzene rings is 1. The lowest BCUT2D eigenvalue weighted by molar-refractivity contribution is -0.138. The topological polar surface area (TPSA) is 62.7 Å². The molecule has 1 heterocycles. The van der Waals surface area contributed by atoms with Gasteiger partial charge in [-0.05, 0) is 11.6 Å². The minimum atomic E-state index is -0.839.